The molecular weight excluding hydrogens is 282 g/mol. The van der Waals surface area contributed by atoms with Crippen molar-refractivity contribution in [1.29, 1.82) is 0 Å². The Balaban J connectivity index is 2.24. The number of benzene rings is 1. The van der Waals surface area contributed by atoms with Gasteiger partial charge in [-0.3, -0.25) is 0 Å². The molecule has 1 aromatic carbocycles. The SMILES string of the molecule is OC[C@H]1OC(c2ccc(N=C=S)cc2)[C@@H](O)[C@@H](O)[C@@H]1O. The molecule has 1 unspecified atom stereocenters. The number of thiocarbonyl (C=S) groups is 1. The molecule has 7 heteroatoms. The average Bonchev–Trinajstić information content (AvgIpc) is 2.47. The topological polar surface area (TPSA) is 103 Å². The molecule has 0 aromatic heterocycles. The number of hydrogen-bond acceptors (Lipinski definition) is 7. The number of isothiocyanates is 1. The fraction of sp³-hybridized carbons (Fsp3) is 0.462. The molecule has 6 nitrogen and oxygen atoms in total. The van der Waals surface area contributed by atoms with Crippen molar-refractivity contribution in [1.82, 2.24) is 0 Å². The summed E-state index contributed by atoms with van der Waals surface area (Å²) in [4.78, 5) is 3.80. The smallest absolute Gasteiger partial charge is 0.113 e. The highest BCUT2D eigenvalue weighted by atomic mass is 32.1. The van der Waals surface area contributed by atoms with Gasteiger partial charge in [0.2, 0.25) is 0 Å². The lowest BCUT2D eigenvalue weighted by atomic mass is 9.91. The number of nitrogens with zero attached hydrogens (tertiary/aromatic N) is 1. The largest absolute Gasteiger partial charge is 0.394 e. The van der Waals surface area contributed by atoms with Crippen LogP contribution in [-0.2, 0) is 4.74 Å². The van der Waals surface area contributed by atoms with Crippen LogP contribution in [0.3, 0.4) is 0 Å². The highest BCUT2D eigenvalue weighted by molar-refractivity contribution is 7.78. The molecule has 1 aliphatic rings. The number of hydrogen-bond donors (Lipinski definition) is 4. The van der Waals surface area contributed by atoms with Crippen LogP contribution < -0.4 is 0 Å². The molecule has 108 valence electrons. The van der Waals surface area contributed by atoms with Crippen LogP contribution in [0, 0.1) is 0 Å². The predicted octanol–water partition coefficient (Wildman–Crippen LogP) is -0.0642. The van der Waals surface area contributed by atoms with E-state index in [1.807, 2.05) is 0 Å². The molecule has 0 aliphatic carbocycles. The highest BCUT2D eigenvalue weighted by Gasteiger charge is 2.43. The lowest BCUT2D eigenvalue weighted by Gasteiger charge is -2.40. The molecule has 1 aromatic rings. The summed E-state index contributed by atoms with van der Waals surface area (Å²) in [5, 5.41) is 40.8. The van der Waals surface area contributed by atoms with E-state index < -0.39 is 37.1 Å². The summed E-state index contributed by atoms with van der Waals surface area (Å²) in [5.74, 6) is 0. The molecule has 0 radical (unpaired) electrons. The zero-order chi connectivity index (χ0) is 14.7. The molecule has 0 bridgehead atoms. The first-order valence-electron chi connectivity index (χ1n) is 6.07. The Morgan fingerprint density at radius 3 is 2.30 bits per heavy atom. The van der Waals surface area contributed by atoms with E-state index in [9.17, 15) is 15.3 Å². The van der Waals surface area contributed by atoms with E-state index >= 15 is 0 Å². The second kappa shape index (κ2) is 6.51. The van der Waals surface area contributed by atoms with E-state index in [0.29, 0.717) is 11.3 Å². The van der Waals surface area contributed by atoms with Crippen molar-refractivity contribution < 1.29 is 25.2 Å². The van der Waals surface area contributed by atoms with Crippen LogP contribution in [0.5, 0.6) is 0 Å². The van der Waals surface area contributed by atoms with Crippen molar-refractivity contribution in [2.24, 2.45) is 4.99 Å². The predicted molar refractivity (Wildman–Crippen MR) is 73.8 cm³/mol. The Bertz CT molecular complexity index is 500. The molecule has 20 heavy (non-hydrogen) atoms. The van der Waals surface area contributed by atoms with Gasteiger partial charge in [0.15, 0.2) is 0 Å². The van der Waals surface area contributed by atoms with Crippen LogP contribution in [0.1, 0.15) is 11.7 Å². The maximum atomic E-state index is 9.98. The summed E-state index contributed by atoms with van der Waals surface area (Å²) in [5.41, 5.74) is 1.21. The summed E-state index contributed by atoms with van der Waals surface area (Å²) in [7, 11) is 0. The number of aliphatic imine (C=N–C) groups is 1. The van der Waals surface area contributed by atoms with Crippen LogP contribution in [0.2, 0.25) is 0 Å². The summed E-state index contributed by atoms with van der Waals surface area (Å²) >= 11 is 4.50. The Kier molecular flexibility index (Phi) is 4.95. The van der Waals surface area contributed by atoms with Gasteiger partial charge in [-0.05, 0) is 29.9 Å². The van der Waals surface area contributed by atoms with E-state index in [0.717, 1.165) is 0 Å². The Labute approximate surface area is 121 Å². The van der Waals surface area contributed by atoms with E-state index in [1.165, 1.54) is 0 Å². The standard InChI is InChI=1S/C13H15NO5S/c15-5-9-10(16)11(17)12(18)13(19-9)7-1-3-8(4-2-7)14-6-20/h1-4,9-13,15-18H,5H2/t9-,10-,11+,12+,13?/m1/s1. The molecule has 1 aliphatic heterocycles. The van der Waals surface area contributed by atoms with E-state index in [-0.39, 0.29) is 0 Å². The minimum absolute atomic E-state index is 0.450. The van der Waals surface area contributed by atoms with Gasteiger partial charge in [0.25, 0.3) is 0 Å². The molecule has 0 spiro atoms. The summed E-state index contributed by atoms with van der Waals surface area (Å²) < 4.78 is 5.44. The normalized spacial score (nSPS) is 33.5. The Morgan fingerprint density at radius 1 is 1.10 bits per heavy atom. The molecule has 1 saturated heterocycles. The minimum atomic E-state index is -1.38. The van der Waals surface area contributed by atoms with E-state index in [1.54, 1.807) is 24.3 Å². The van der Waals surface area contributed by atoms with Gasteiger partial charge in [-0.2, -0.15) is 4.99 Å². The highest BCUT2D eigenvalue weighted by Crippen LogP contribution is 2.32. The van der Waals surface area contributed by atoms with Crippen LogP contribution in [0.15, 0.2) is 29.3 Å². The van der Waals surface area contributed by atoms with E-state index in [2.05, 4.69) is 22.4 Å². The first-order chi connectivity index (χ1) is 9.58. The van der Waals surface area contributed by atoms with E-state index in [4.69, 9.17) is 9.84 Å². The molecule has 5 atom stereocenters. The molecule has 0 saturated carbocycles. The van der Waals surface area contributed by atoms with Crippen LogP contribution in [0.4, 0.5) is 5.69 Å². The molecular formula is C13H15NO5S. The van der Waals surface area contributed by atoms with Gasteiger partial charge in [-0.1, -0.05) is 12.1 Å². The van der Waals surface area contributed by atoms with Gasteiger partial charge in [-0.25, -0.2) is 0 Å². The van der Waals surface area contributed by atoms with Gasteiger partial charge in [0.1, 0.15) is 30.5 Å². The quantitative estimate of drug-likeness (QED) is 0.460. The first-order valence-corrected chi connectivity index (χ1v) is 6.47. The third kappa shape index (κ3) is 2.94. The lowest BCUT2D eigenvalue weighted by Crippen LogP contribution is -2.55. The Morgan fingerprint density at radius 2 is 1.75 bits per heavy atom. The third-order valence-corrected chi connectivity index (χ3v) is 3.38. The second-order valence-corrected chi connectivity index (χ2v) is 4.73. The minimum Gasteiger partial charge on any atom is -0.394 e. The van der Waals surface area contributed by atoms with Crippen molar-refractivity contribution in [2.45, 2.75) is 30.5 Å². The van der Waals surface area contributed by atoms with Gasteiger partial charge in [0.05, 0.1) is 17.5 Å². The second-order valence-electron chi connectivity index (χ2n) is 4.54. The van der Waals surface area contributed by atoms with Gasteiger partial charge >= 0.3 is 0 Å². The Hall–Kier alpha value is -1.18. The molecule has 1 fully saturated rings. The molecule has 2 rings (SSSR count). The zero-order valence-electron chi connectivity index (χ0n) is 10.5. The lowest BCUT2D eigenvalue weighted by molar-refractivity contribution is -0.231. The summed E-state index contributed by atoms with van der Waals surface area (Å²) in [6.45, 7) is -0.450. The van der Waals surface area contributed by atoms with Crippen molar-refractivity contribution in [3.05, 3.63) is 29.8 Å². The number of ether oxygens (including phenoxy) is 1. The van der Waals surface area contributed by atoms with Crippen LogP contribution >= 0.6 is 12.2 Å². The fourth-order valence-electron chi connectivity index (χ4n) is 2.17. The van der Waals surface area contributed by atoms with Crippen LogP contribution in [-0.4, -0.2) is 56.6 Å². The van der Waals surface area contributed by atoms with Gasteiger partial charge in [0, 0.05) is 0 Å². The maximum absolute atomic E-state index is 9.98. The maximum Gasteiger partial charge on any atom is 0.113 e. The van der Waals surface area contributed by atoms with Crippen molar-refractivity contribution in [3.63, 3.8) is 0 Å². The monoisotopic (exact) mass is 297 g/mol. The number of rotatable bonds is 3. The number of aliphatic hydroxyl groups excluding tert-OH is 4. The zero-order valence-corrected chi connectivity index (χ0v) is 11.3. The van der Waals surface area contributed by atoms with Crippen molar-refractivity contribution >= 4 is 23.1 Å². The fourth-order valence-corrected chi connectivity index (χ4v) is 2.27. The first kappa shape index (κ1) is 15.2. The molecule has 1 heterocycles. The summed E-state index contributed by atoms with van der Waals surface area (Å²) in [6, 6.07) is 6.66. The average molecular weight is 297 g/mol. The molecule has 0 amide bonds. The molecule has 4 N–H and O–H groups in total. The van der Waals surface area contributed by atoms with Gasteiger partial charge in [-0.15, -0.1) is 0 Å². The summed E-state index contributed by atoms with van der Waals surface area (Å²) in [6.07, 6.45) is -5.78. The number of aliphatic hydroxyl groups is 4. The van der Waals surface area contributed by atoms with Crippen molar-refractivity contribution in [2.75, 3.05) is 6.61 Å². The van der Waals surface area contributed by atoms with Crippen molar-refractivity contribution in [3.8, 4) is 0 Å². The van der Waals surface area contributed by atoms with Crippen LogP contribution in [0.25, 0.3) is 0 Å². The van der Waals surface area contributed by atoms with Gasteiger partial charge < -0.3 is 25.2 Å². The third-order valence-electron chi connectivity index (χ3n) is 3.29.